The van der Waals surface area contributed by atoms with E-state index in [1.807, 2.05) is 19.2 Å². The summed E-state index contributed by atoms with van der Waals surface area (Å²) in [6.45, 7) is 8.63. The van der Waals surface area contributed by atoms with E-state index >= 15 is 0 Å². The third kappa shape index (κ3) is 6.47. The van der Waals surface area contributed by atoms with E-state index < -0.39 is 0 Å². The SMILES string of the molecule is CN=C(NCc1cccc(OCCOC)c1)N1CCC(C)(C)C1.I. The highest BCUT2D eigenvalue weighted by Gasteiger charge is 2.30. The molecule has 1 heterocycles. The highest BCUT2D eigenvalue weighted by molar-refractivity contribution is 14.0. The van der Waals surface area contributed by atoms with Gasteiger partial charge in [-0.2, -0.15) is 0 Å². The molecule has 1 aliphatic rings. The van der Waals surface area contributed by atoms with Crippen molar-refractivity contribution in [1.29, 1.82) is 0 Å². The van der Waals surface area contributed by atoms with Crippen LogP contribution in [0.2, 0.25) is 0 Å². The second-order valence-electron chi connectivity index (χ2n) is 6.73. The van der Waals surface area contributed by atoms with E-state index in [1.54, 1.807) is 7.11 Å². The number of guanidine groups is 1. The first kappa shape index (κ1) is 21.0. The van der Waals surface area contributed by atoms with Gasteiger partial charge in [0.25, 0.3) is 0 Å². The van der Waals surface area contributed by atoms with Crippen LogP contribution < -0.4 is 10.1 Å². The lowest BCUT2D eigenvalue weighted by molar-refractivity contribution is 0.146. The maximum absolute atomic E-state index is 5.65. The smallest absolute Gasteiger partial charge is 0.193 e. The van der Waals surface area contributed by atoms with Gasteiger partial charge in [0.2, 0.25) is 0 Å². The molecule has 1 aromatic carbocycles. The van der Waals surface area contributed by atoms with Gasteiger partial charge in [-0.1, -0.05) is 26.0 Å². The fourth-order valence-electron chi connectivity index (χ4n) is 2.79. The third-order valence-electron chi connectivity index (χ3n) is 4.09. The van der Waals surface area contributed by atoms with Gasteiger partial charge in [-0.05, 0) is 29.5 Å². The van der Waals surface area contributed by atoms with E-state index in [9.17, 15) is 0 Å². The molecule has 0 aromatic heterocycles. The molecule has 6 heteroatoms. The molecule has 2 rings (SSSR count). The van der Waals surface area contributed by atoms with E-state index in [-0.39, 0.29) is 24.0 Å². The van der Waals surface area contributed by atoms with Gasteiger partial charge >= 0.3 is 0 Å². The summed E-state index contributed by atoms with van der Waals surface area (Å²) in [5, 5.41) is 3.46. The van der Waals surface area contributed by atoms with Gasteiger partial charge in [-0.15, -0.1) is 24.0 Å². The van der Waals surface area contributed by atoms with Crippen molar-refractivity contribution < 1.29 is 9.47 Å². The molecule has 1 saturated heterocycles. The second-order valence-corrected chi connectivity index (χ2v) is 6.73. The third-order valence-corrected chi connectivity index (χ3v) is 4.09. The number of aliphatic imine (C=N–C) groups is 1. The quantitative estimate of drug-likeness (QED) is 0.315. The molecule has 0 bridgehead atoms. The Bertz CT molecular complexity index is 535. The standard InChI is InChI=1S/C18H29N3O2.HI/c1-18(2)8-9-21(14-18)17(19-3)20-13-15-6-5-7-16(12-15)23-11-10-22-4;/h5-7,12H,8-11,13-14H2,1-4H3,(H,19,20);1H. The summed E-state index contributed by atoms with van der Waals surface area (Å²) in [5.41, 5.74) is 1.55. The molecule has 24 heavy (non-hydrogen) atoms. The van der Waals surface area contributed by atoms with E-state index in [0.717, 1.165) is 31.3 Å². The number of benzene rings is 1. The molecule has 1 N–H and O–H groups in total. The molecule has 0 atom stereocenters. The molecular weight excluding hydrogens is 417 g/mol. The Hall–Kier alpha value is -1.02. The van der Waals surface area contributed by atoms with Crippen molar-refractivity contribution in [3.05, 3.63) is 29.8 Å². The van der Waals surface area contributed by atoms with Crippen LogP contribution in [-0.2, 0) is 11.3 Å². The molecule has 0 radical (unpaired) electrons. The minimum absolute atomic E-state index is 0. The summed E-state index contributed by atoms with van der Waals surface area (Å²) in [4.78, 5) is 6.75. The molecule has 1 fully saturated rings. The zero-order chi connectivity index (χ0) is 16.7. The average Bonchev–Trinajstić information content (AvgIpc) is 2.89. The Morgan fingerprint density at radius 2 is 2.12 bits per heavy atom. The van der Waals surface area contributed by atoms with Gasteiger partial charge < -0.3 is 19.7 Å². The molecule has 5 nitrogen and oxygen atoms in total. The largest absolute Gasteiger partial charge is 0.491 e. The van der Waals surface area contributed by atoms with Crippen molar-refractivity contribution in [2.24, 2.45) is 10.4 Å². The Labute approximate surface area is 162 Å². The first-order valence-corrected chi connectivity index (χ1v) is 8.20. The molecule has 1 aromatic rings. The number of halogens is 1. The van der Waals surface area contributed by atoms with Crippen molar-refractivity contribution in [3.63, 3.8) is 0 Å². The summed E-state index contributed by atoms with van der Waals surface area (Å²) in [5.74, 6) is 1.85. The van der Waals surface area contributed by atoms with Gasteiger partial charge in [-0.25, -0.2) is 0 Å². The zero-order valence-electron chi connectivity index (χ0n) is 15.2. The Balaban J connectivity index is 0.00000288. The molecule has 0 aliphatic carbocycles. The fraction of sp³-hybridized carbons (Fsp3) is 0.611. The number of ether oxygens (including phenoxy) is 2. The molecule has 0 amide bonds. The Morgan fingerprint density at radius 1 is 1.33 bits per heavy atom. The van der Waals surface area contributed by atoms with Gasteiger partial charge in [0.05, 0.1) is 6.61 Å². The average molecular weight is 447 g/mol. The van der Waals surface area contributed by atoms with Crippen molar-refractivity contribution in [2.75, 3.05) is 40.5 Å². The van der Waals surface area contributed by atoms with Crippen LogP contribution in [0.15, 0.2) is 29.3 Å². The molecule has 0 saturated carbocycles. The number of nitrogens with zero attached hydrogens (tertiary/aromatic N) is 2. The van der Waals surface area contributed by atoms with Gasteiger partial charge in [0.1, 0.15) is 12.4 Å². The minimum Gasteiger partial charge on any atom is -0.491 e. The number of methoxy groups -OCH3 is 1. The lowest BCUT2D eigenvalue weighted by Gasteiger charge is -2.23. The first-order valence-electron chi connectivity index (χ1n) is 8.20. The Morgan fingerprint density at radius 3 is 2.75 bits per heavy atom. The lowest BCUT2D eigenvalue weighted by atomic mass is 9.93. The van der Waals surface area contributed by atoms with Crippen molar-refractivity contribution in [2.45, 2.75) is 26.8 Å². The van der Waals surface area contributed by atoms with Crippen LogP contribution in [0.4, 0.5) is 0 Å². The molecule has 1 aliphatic heterocycles. The summed E-state index contributed by atoms with van der Waals surface area (Å²) in [6.07, 6.45) is 1.20. The monoisotopic (exact) mass is 447 g/mol. The molecule has 0 unspecified atom stereocenters. The number of rotatable bonds is 6. The van der Waals surface area contributed by atoms with Crippen LogP contribution in [0.5, 0.6) is 5.75 Å². The van der Waals surface area contributed by atoms with Gasteiger partial charge in [-0.3, -0.25) is 4.99 Å². The number of hydrogen-bond donors (Lipinski definition) is 1. The maximum atomic E-state index is 5.65. The highest BCUT2D eigenvalue weighted by Crippen LogP contribution is 2.28. The van der Waals surface area contributed by atoms with Crippen LogP contribution >= 0.6 is 24.0 Å². The number of hydrogen-bond acceptors (Lipinski definition) is 3. The first-order chi connectivity index (χ1) is 11.0. The minimum atomic E-state index is 0. The van der Waals surface area contributed by atoms with Crippen molar-refractivity contribution in [1.82, 2.24) is 10.2 Å². The predicted octanol–water partition coefficient (Wildman–Crippen LogP) is 3.14. The summed E-state index contributed by atoms with van der Waals surface area (Å²) < 4.78 is 10.7. The predicted molar refractivity (Wildman–Crippen MR) is 109 cm³/mol. The van der Waals surface area contributed by atoms with E-state index in [4.69, 9.17) is 9.47 Å². The normalized spacial score (nSPS) is 16.7. The van der Waals surface area contributed by atoms with Crippen molar-refractivity contribution in [3.8, 4) is 5.75 Å². The fourth-order valence-corrected chi connectivity index (χ4v) is 2.79. The summed E-state index contributed by atoms with van der Waals surface area (Å²) in [7, 11) is 3.52. The highest BCUT2D eigenvalue weighted by atomic mass is 127. The topological polar surface area (TPSA) is 46.1 Å². The number of nitrogens with one attached hydrogen (secondary N) is 1. The summed E-state index contributed by atoms with van der Waals surface area (Å²) >= 11 is 0. The van der Waals surface area contributed by atoms with Crippen LogP contribution in [-0.4, -0.2) is 51.3 Å². The number of likely N-dealkylation sites (tertiary alicyclic amines) is 1. The van der Waals surface area contributed by atoms with Gasteiger partial charge in [0, 0.05) is 33.8 Å². The maximum Gasteiger partial charge on any atom is 0.193 e. The van der Waals surface area contributed by atoms with Crippen molar-refractivity contribution >= 4 is 29.9 Å². The van der Waals surface area contributed by atoms with Crippen LogP contribution in [0, 0.1) is 5.41 Å². The van der Waals surface area contributed by atoms with Gasteiger partial charge in [0.15, 0.2) is 5.96 Å². The zero-order valence-corrected chi connectivity index (χ0v) is 17.5. The second kappa shape index (κ2) is 10.1. The van der Waals surface area contributed by atoms with Crippen LogP contribution in [0.3, 0.4) is 0 Å². The lowest BCUT2D eigenvalue weighted by Crippen LogP contribution is -2.40. The van der Waals surface area contributed by atoms with Crippen LogP contribution in [0.25, 0.3) is 0 Å². The van der Waals surface area contributed by atoms with E-state index in [2.05, 4.69) is 41.2 Å². The summed E-state index contributed by atoms with van der Waals surface area (Å²) in [6, 6.07) is 8.14. The molecule has 0 spiro atoms. The van der Waals surface area contributed by atoms with E-state index in [1.165, 1.54) is 12.0 Å². The Kier molecular flexibility index (Phi) is 8.83. The molecular formula is C18H30IN3O2. The molecule has 136 valence electrons. The van der Waals surface area contributed by atoms with Crippen LogP contribution in [0.1, 0.15) is 25.8 Å². The van der Waals surface area contributed by atoms with E-state index in [0.29, 0.717) is 18.6 Å².